The molecular weight excluding hydrogens is 316 g/mol. The highest BCUT2D eigenvalue weighted by atomic mass is 16.5. The van der Waals surface area contributed by atoms with E-state index in [4.69, 9.17) is 4.74 Å². The zero-order chi connectivity index (χ0) is 18.0. The highest BCUT2D eigenvalue weighted by Gasteiger charge is 2.46. The van der Waals surface area contributed by atoms with E-state index in [2.05, 4.69) is 37.4 Å². The Morgan fingerprint density at radius 3 is 2.24 bits per heavy atom. The molecule has 5 heteroatoms. The van der Waals surface area contributed by atoms with Gasteiger partial charge in [0.1, 0.15) is 6.04 Å². The van der Waals surface area contributed by atoms with Gasteiger partial charge in [-0.25, -0.2) is 0 Å². The van der Waals surface area contributed by atoms with Gasteiger partial charge in [0.2, 0.25) is 11.8 Å². The lowest BCUT2D eigenvalue weighted by Crippen LogP contribution is -2.56. The Kier molecular flexibility index (Phi) is 5.13. The van der Waals surface area contributed by atoms with Crippen LogP contribution in [0.25, 0.3) is 0 Å². The minimum Gasteiger partial charge on any atom is -0.378 e. The van der Waals surface area contributed by atoms with Gasteiger partial charge >= 0.3 is 0 Å². The topological polar surface area (TPSA) is 58.6 Å². The summed E-state index contributed by atoms with van der Waals surface area (Å²) in [6.45, 7) is 8.24. The van der Waals surface area contributed by atoms with E-state index in [1.165, 1.54) is 11.1 Å². The molecule has 2 amide bonds. The van der Waals surface area contributed by atoms with E-state index in [0.717, 1.165) is 24.8 Å². The van der Waals surface area contributed by atoms with Crippen molar-refractivity contribution in [3.63, 3.8) is 0 Å². The van der Waals surface area contributed by atoms with E-state index in [9.17, 15) is 9.59 Å². The van der Waals surface area contributed by atoms with Crippen LogP contribution in [0.1, 0.15) is 42.9 Å². The summed E-state index contributed by atoms with van der Waals surface area (Å²) in [4.78, 5) is 27.4. The van der Waals surface area contributed by atoms with Gasteiger partial charge in [-0.1, -0.05) is 35.7 Å². The molecule has 1 saturated heterocycles. The molecule has 0 aromatic heterocycles. The summed E-state index contributed by atoms with van der Waals surface area (Å²) in [6, 6.07) is 5.84. The van der Waals surface area contributed by atoms with Gasteiger partial charge in [0.05, 0.1) is 18.6 Å². The Hall–Kier alpha value is -1.88. The van der Waals surface area contributed by atoms with Gasteiger partial charge in [-0.3, -0.25) is 9.59 Å². The van der Waals surface area contributed by atoms with E-state index in [-0.39, 0.29) is 11.8 Å². The van der Waals surface area contributed by atoms with Crippen LogP contribution >= 0.6 is 0 Å². The van der Waals surface area contributed by atoms with Crippen molar-refractivity contribution in [2.24, 2.45) is 0 Å². The molecule has 0 spiro atoms. The van der Waals surface area contributed by atoms with Gasteiger partial charge in [0.15, 0.2) is 0 Å². The lowest BCUT2D eigenvalue weighted by atomic mass is 9.63. The van der Waals surface area contributed by atoms with Gasteiger partial charge in [-0.15, -0.1) is 0 Å². The molecule has 1 aromatic rings. The Labute approximate surface area is 149 Å². The Morgan fingerprint density at radius 2 is 1.72 bits per heavy atom. The smallest absolute Gasteiger partial charge is 0.245 e. The molecule has 2 aliphatic rings. The first kappa shape index (κ1) is 17.9. The molecule has 1 aliphatic heterocycles. The van der Waals surface area contributed by atoms with E-state index in [0.29, 0.717) is 26.3 Å². The fraction of sp³-hybridized carbons (Fsp3) is 0.600. The van der Waals surface area contributed by atoms with E-state index >= 15 is 0 Å². The molecule has 0 radical (unpaired) electrons. The first-order chi connectivity index (χ1) is 11.9. The number of hydrogen-bond acceptors (Lipinski definition) is 3. The number of amides is 2. The van der Waals surface area contributed by atoms with Crippen molar-refractivity contribution < 1.29 is 14.3 Å². The third-order valence-corrected chi connectivity index (χ3v) is 5.46. The van der Waals surface area contributed by atoms with Gasteiger partial charge < -0.3 is 15.0 Å². The average Bonchev–Trinajstić information content (AvgIpc) is 2.53. The van der Waals surface area contributed by atoms with Gasteiger partial charge in [0.25, 0.3) is 0 Å². The maximum atomic E-state index is 13.1. The van der Waals surface area contributed by atoms with Crippen LogP contribution in [0.15, 0.2) is 18.2 Å². The quantitative estimate of drug-likeness (QED) is 0.910. The number of rotatable bonds is 4. The maximum Gasteiger partial charge on any atom is 0.245 e. The van der Waals surface area contributed by atoms with E-state index in [1.807, 2.05) is 0 Å². The summed E-state index contributed by atoms with van der Waals surface area (Å²) < 4.78 is 5.29. The third-order valence-electron chi connectivity index (χ3n) is 5.46. The lowest BCUT2D eigenvalue weighted by molar-refractivity contribution is -0.141. The number of carbonyl (C=O) groups excluding carboxylic acids is 2. The summed E-state index contributed by atoms with van der Waals surface area (Å²) in [6.07, 6.45) is 2.74. The van der Waals surface area contributed by atoms with Crippen molar-refractivity contribution in [2.75, 3.05) is 26.3 Å². The van der Waals surface area contributed by atoms with Crippen LogP contribution in [0.2, 0.25) is 0 Å². The molecule has 0 bridgehead atoms. The summed E-state index contributed by atoms with van der Waals surface area (Å²) >= 11 is 0. The van der Waals surface area contributed by atoms with Crippen LogP contribution in [0, 0.1) is 13.8 Å². The number of aryl methyl sites for hydroxylation is 2. The monoisotopic (exact) mass is 344 g/mol. The average molecular weight is 344 g/mol. The van der Waals surface area contributed by atoms with Crippen molar-refractivity contribution in [1.29, 1.82) is 0 Å². The SMILES string of the molecule is Cc1cc(C)cc(C2(C(=O)N[C@@H](C)C(=O)N3CCOCC3)CCC2)c1. The first-order valence-corrected chi connectivity index (χ1v) is 9.19. The van der Waals surface area contributed by atoms with Gasteiger partial charge in [0, 0.05) is 13.1 Å². The van der Waals surface area contributed by atoms with Crippen LogP contribution in [-0.2, 0) is 19.7 Å². The molecular formula is C20H28N2O3. The third kappa shape index (κ3) is 3.56. The fourth-order valence-electron chi connectivity index (χ4n) is 3.88. The minimum absolute atomic E-state index is 0.0159. The Balaban J connectivity index is 1.73. The van der Waals surface area contributed by atoms with Crippen molar-refractivity contribution in [3.8, 4) is 0 Å². The predicted molar refractivity (Wildman–Crippen MR) is 96.4 cm³/mol. The number of nitrogens with one attached hydrogen (secondary N) is 1. The second-order valence-corrected chi connectivity index (χ2v) is 7.44. The molecule has 3 rings (SSSR count). The number of benzene rings is 1. The standard InChI is InChI=1S/C20H28N2O3/c1-14-11-15(2)13-17(12-14)20(5-4-6-20)19(24)21-16(3)18(23)22-7-9-25-10-8-22/h11-13,16H,4-10H2,1-3H3,(H,21,24)/t16-/m0/s1. The molecule has 1 N–H and O–H groups in total. The van der Waals surface area contributed by atoms with E-state index < -0.39 is 11.5 Å². The molecule has 5 nitrogen and oxygen atoms in total. The lowest BCUT2D eigenvalue weighted by Gasteiger charge is -2.42. The molecule has 1 aromatic carbocycles. The Bertz CT molecular complexity index is 641. The maximum absolute atomic E-state index is 13.1. The Morgan fingerprint density at radius 1 is 1.12 bits per heavy atom. The number of morpholine rings is 1. The zero-order valence-corrected chi connectivity index (χ0v) is 15.4. The molecule has 1 heterocycles. The second kappa shape index (κ2) is 7.16. The van der Waals surface area contributed by atoms with Crippen LogP contribution < -0.4 is 5.32 Å². The number of nitrogens with zero attached hydrogens (tertiary/aromatic N) is 1. The molecule has 1 saturated carbocycles. The van der Waals surface area contributed by atoms with Gasteiger partial charge in [-0.05, 0) is 39.2 Å². The predicted octanol–water partition coefficient (Wildman–Crippen LogP) is 2.09. The van der Waals surface area contributed by atoms with Crippen molar-refractivity contribution in [1.82, 2.24) is 10.2 Å². The van der Waals surface area contributed by atoms with Crippen LogP contribution in [-0.4, -0.2) is 49.1 Å². The van der Waals surface area contributed by atoms with Gasteiger partial charge in [-0.2, -0.15) is 0 Å². The summed E-state index contributed by atoms with van der Waals surface area (Å²) in [5.41, 5.74) is 2.95. The number of hydrogen-bond donors (Lipinski definition) is 1. The zero-order valence-electron chi connectivity index (χ0n) is 15.4. The highest BCUT2D eigenvalue weighted by molar-refractivity contribution is 5.93. The van der Waals surface area contributed by atoms with Crippen molar-refractivity contribution >= 4 is 11.8 Å². The van der Waals surface area contributed by atoms with Crippen LogP contribution in [0.4, 0.5) is 0 Å². The normalized spacial score (nSPS) is 20.5. The second-order valence-electron chi connectivity index (χ2n) is 7.44. The van der Waals surface area contributed by atoms with Crippen molar-refractivity contribution in [3.05, 3.63) is 34.9 Å². The highest BCUT2D eigenvalue weighted by Crippen LogP contribution is 2.44. The first-order valence-electron chi connectivity index (χ1n) is 9.19. The largest absolute Gasteiger partial charge is 0.378 e. The minimum atomic E-state index is -0.506. The number of carbonyl (C=O) groups is 2. The summed E-state index contributed by atoms with van der Waals surface area (Å²) in [5.74, 6) is -0.0376. The fourth-order valence-corrected chi connectivity index (χ4v) is 3.88. The van der Waals surface area contributed by atoms with Crippen LogP contribution in [0.3, 0.4) is 0 Å². The van der Waals surface area contributed by atoms with E-state index in [1.54, 1.807) is 11.8 Å². The molecule has 25 heavy (non-hydrogen) atoms. The van der Waals surface area contributed by atoms with Crippen LogP contribution in [0.5, 0.6) is 0 Å². The molecule has 2 fully saturated rings. The number of ether oxygens (including phenoxy) is 1. The van der Waals surface area contributed by atoms with Crippen molar-refractivity contribution in [2.45, 2.75) is 51.5 Å². The molecule has 0 unspecified atom stereocenters. The molecule has 136 valence electrons. The summed E-state index contributed by atoms with van der Waals surface area (Å²) in [7, 11) is 0. The molecule has 1 aliphatic carbocycles. The summed E-state index contributed by atoms with van der Waals surface area (Å²) in [5, 5.41) is 2.99. The molecule has 1 atom stereocenters.